The van der Waals surface area contributed by atoms with Crippen molar-refractivity contribution in [1.29, 1.82) is 0 Å². The van der Waals surface area contributed by atoms with Crippen molar-refractivity contribution < 1.29 is 9.90 Å². The molecule has 1 N–H and O–H groups in total. The molecule has 1 saturated heterocycles. The molecular formula is C15H19NO2. The Morgan fingerprint density at radius 1 is 1.17 bits per heavy atom. The van der Waals surface area contributed by atoms with E-state index in [2.05, 4.69) is 17.0 Å². The van der Waals surface area contributed by atoms with Crippen LogP contribution >= 0.6 is 0 Å². The van der Waals surface area contributed by atoms with Gasteiger partial charge in [-0.1, -0.05) is 30.7 Å². The van der Waals surface area contributed by atoms with Crippen molar-refractivity contribution in [2.45, 2.75) is 25.8 Å². The minimum absolute atomic E-state index is 0.910. The highest BCUT2D eigenvalue weighted by Gasteiger charge is 2.09. The molecule has 1 aromatic carbocycles. The summed E-state index contributed by atoms with van der Waals surface area (Å²) in [6.07, 6.45) is 6.75. The first-order valence-corrected chi connectivity index (χ1v) is 6.46. The van der Waals surface area contributed by atoms with Gasteiger partial charge in [-0.05, 0) is 43.1 Å². The standard InChI is InChI=1S/C15H19NO2/c17-15(18)9-8-13-4-6-14(7-5-13)12-16-10-2-1-3-11-16/h4-9H,1-3,10-12H2,(H,17,18)/b9-8+. The summed E-state index contributed by atoms with van der Waals surface area (Å²) in [6, 6.07) is 8.10. The van der Waals surface area contributed by atoms with E-state index in [-0.39, 0.29) is 0 Å². The zero-order valence-corrected chi connectivity index (χ0v) is 10.5. The van der Waals surface area contributed by atoms with Crippen LogP contribution in [0.5, 0.6) is 0 Å². The molecule has 3 heteroatoms. The lowest BCUT2D eigenvalue weighted by Gasteiger charge is -2.26. The molecule has 0 aromatic heterocycles. The normalized spacial score (nSPS) is 17.1. The number of aliphatic carboxylic acids is 1. The van der Waals surface area contributed by atoms with E-state index in [1.165, 1.54) is 44.0 Å². The van der Waals surface area contributed by atoms with E-state index in [0.29, 0.717) is 0 Å². The molecule has 0 atom stereocenters. The topological polar surface area (TPSA) is 40.5 Å². The van der Waals surface area contributed by atoms with Gasteiger partial charge in [-0.3, -0.25) is 4.90 Å². The molecule has 0 amide bonds. The fourth-order valence-corrected chi connectivity index (χ4v) is 2.28. The first-order valence-electron chi connectivity index (χ1n) is 6.46. The Hall–Kier alpha value is -1.61. The number of rotatable bonds is 4. The summed E-state index contributed by atoms with van der Waals surface area (Å²) in [7, 11) is 0. The van der Waals surface area contributed by atoms with Gasteiger partial charge in [-0.25, -0.2) is 4.79 Å². The first-order chi connectivity index (χ1) is 8.74. The summed E-state index contributed by atoms with van der Waals surface area (Å²) in [5.41, 5.74) is 2.23. The van der Waals surface area contributed by atoms with E-state index >= 15 is 0 Å². The minimum atomic E-state index is -0.910. The van der Waals surface area contributed by atoms with E-state index in [9.17, 15) is 4.79 Å². The number of hydrogen-bond acceptors (Lipinski definition) is 2. The monoisotopic (exact) mass is 245 g/mol. The second-order valence-corrected chi connectivity index (χ2v) is 4.75. The molecule has 3 nitrogen and oxygen atoms in total. The molecule has 1 aromatic rings. The van der Waals surface area contributed by atoms with Crippen molar-refractivity contribution in [2.24, 2.45) is 0 Å². The van der Waals surface area contributed by atoms with Crippen molar-refractivity contribution in [3.8, 4) is 0 Å². The molecule has 0 saturated carbocycles. The van der Waals surface area contributed by atoms with Crippen molar-refractivity contribution in [1.82, 2.24) is 4.90 Å². The molecule has 2 rings (SSSR count). The second kappa shape index (κ2) is 6.36. The van der Waals surface area contributed by atoms with E-state index < -0.39 is 5.97 Å². The van der Waals surface area contributed by atoms with Crippen molar-refractivity contribution in [2.75, 3.05) is 13.1 Å². The van der Waals surface area contributed by atoms with Crippen LogP contribution in [0.25, 0.3) is 6.08 Å². The van der Waals surface area contributed by atoms with Crippen LogP contribution < -0.4 is 0 Å². The number of carboxylic acids is 1. The molecule has 0 aliphatic carbocycles. The van der Waals surface area contributed by atoms with Crippen LogP contribution in [0.3, 0.4) is 0 Å². The maximum Gasteiger partial charge on any atom is 0.328 e. The van der Waals surface area contributed by atoms with Gasteiger partial charge >= 0.3 is 5.97 Å². The Morgan fingerprint density at radius 3 is 2.44 bits per heavy atom. The van der Waals surface area contributed by atoms with Gasteiger partial charge in [0.25, 0.3) is 0 Å². The lowest BCUT2D eigenvalue weighted by molar-refractivity contribution is -0.131. The van der Waals surface area contributed by atoms with Crippen LogP contribution in [0.15, 0.2) is 30.3 Å². The lowest BCUT2D eigenvalue weighted by Crippen LogP contribution is -2.28. The molecule has 96 valence electrons. The van der Waals surface area contributed by atoms with Gasteiger partial charge in [-0.15, -0.1) is 0 Å². The van der Waals surface area contributed by atoms with Crippen LogP contribution in [0.2, 0.25) is 0 Å². The van der Waals surface area contributed by atoms with E-state index in [4.69, 9.17) is 5.11 Å². The number of likely N-dealkylation sites (tertiary alicyclic amines) is 1. The third kappa shape index (κ3) is 4.00. The van der Waals surface area contributed by atoms with Crippen molar-refractivity contribution >= 4 is 12.0 Å². The predicted molar refractivity (Wildman–Crippen MR) is 72.2 cm³/mol. The van der Waals surface area contributed by atoms with Crippen LogP contribution in [-0.2, 0) is 11.3 Å². The molecule has 0 bridgehead atoms. The molecule has 18 heavy (non-hydrogen) atoms. The Labute approximate surface area is 108 Å². The number of piperidine rings is 1. The highest BCUT2D eigenvalue weighted by molar-refractivity contribution is 5.85. The molecule has 1 fully saturated rings. The zero-order chi connectivity index (χ0) is 12.8. The summed E-state index contributed by atoms with van der Waals surface area (Å²) in [5.74, 6) is -0.910. The average Bonchev–Trinajstić information content (AvgIpc) is 2.39. The lowest BCUT2D eigenvalue weighted by atomic mass is 10.1. The molecule has 1 aliphatic heterocycles. The van der Waals surface area contributed by atoms with Crippen LogP contribution in [-0.4, -0.2) is 29.1 Å². The Balaban J connectivity index is 1.92. The SMILES string of the molecule is O=C(O)/C=C/c1ccc(CN2CCCCC2)cc1. The molecular weight excluding hydrogens is 226 g/mol. The fraction of sp³-hybridized carbons (Fsp3) is 0.400. The van der Waals surface area contributed by atoms with E-state index in [1.54, 1.807) is 6.08 Å². The van der Waals surface area contributed by atoms with Gasteiger partial charge in [0.15, 0.2) is 0 Å². The number of nitrogens with zero attached hydrogens (tertiary/aromatic N) is 1. The molecule has 0 radical (unpaired) electrons. The Bertz CT molecular complexity index is 417. The number of hydrogen-bond donors (Lipinski definition) is 1. The maximum absolute atomic E-state index is 10.4. The minimum Gasteiger partial charge on any atom is -0.478 e. The zero-order valence-electron chi connectivity index (χ0n) is 10.5. The second-order valence-electron chi connectivity index (χ2n) is 4.75. The summed E-state index contributed by atoms with van der Waals surface area (Å²) in [6.45, 7) is 3.39. The Morgan fingerprint density at radius 2 is 1.83 bits per heavy atom. The smallest absolute Gasteiger partial charge is 0.328 e. The number of benzene rings is 1. The molecule has 0 unspecified atom stereocenters. The van der Waals surface area contributed by atoms with Crippen LogP contribution in [0.1, 0.15) is 30.4 Å². The quantitative estimate of drug-likeness (QED) is 0.829. The summed E-state index contributed by atoms with van der Waals surface area (Å²) >= 11 is 0. The first kappa shape index (κ1) is 12.8. The number of carboxylic acid groups (broad SMARTS) is 1. The van der Waals surface area contributed by atoms with Crippen LogP contribution in [0, 0.1) is 0 Å². The maximum atomic E-state index is 10.4. The fourth-order valence-electron chi connectivity index (χ4n) is 2.28. The largest absolute Gasteiger partial charge is 0.478 e. The highest BCUT2D eigenvalue weighted by atomic mass is 16.4. The third-order valence-electron chi connectivity index (χ3n) is 3.25. The Kier molecular flexibility index (Phi) is 4.53. The molecule has 0 spiro atoms. The summed E-state index contributed by atoms with van der Waals surface area (Å²) in [5, 5.41) is 8.55. The third-order valence-corrected chi connectivity index (χ3v) is 3.25. The van der Waals surface area contributed by atoms with E-state index in [1.807, 2.05) is 12.1 Å². The summed E-state index contributed by atoms with van der Waals surface area (Å²) in [4.78, 5) is 12.9. The van der Waals surface area contributed by atoms with Gasteiger partial charge < -0.3 is 5.11 Å². The van der Waals surface area contributed by atoms with E-state index in [0.717, 1.165) is 12.1 Å². The van der Waals surface area contributed by atoms with Gasteiger partial charge in [-0.2, -0.15) is 0 Å². The molecule has 1 aliphatic rings. The van der Waals surface area contributed by atoms with Crippen LogP contribution in [0.4, 0.5) is 0 Å². The van der Waals surface area contributed by atoms with Crippen molar-refractivity contribution in [3.05, 3.63) is 41.5 Å². The summed E-state index contributed by atoms with van der Waals surface area (Å²) < 4.78 is 0. The van der Waals surface area contributed by atoms with Gasteiger partial charge in [0.05, 0.1) is 0 Å². The predicted octanol–water partition coefficient (Wildman–Crippen LogP) is 2.77. The number of carbonyl (C=O) groups is 1. The average molecular weight is 245 g/mol. The van der Waals surface area contributed by atoms with Gasteiger partial charge in [0, 0.05) is 12.6 Å². The molecule has 1 heterocycles. The van der Waals surface area contributed by atoms with Gasteiger partial charge in [0.1, 0.15) is 0 Å². The highest BCUT2D eigenvalue weighted by Crippen LogP contribution is 2.14. The van der Waals surface area contributed by atoms with Gasteiger partial charge in [0.2, 0.25) is 0 Å². The van der Waals surface area contributed by atoms with Crippen molar-refractivity contribution in [3.63, 3.8) is 0 Å².